The van der Waals surface area contributed by atoms with E-state index in [0.29, 0.717) is 5.82 Å². The Bertz CT molecular complexity index is 725. The summed E-state index contributed by atoms with van der Waals surface area (Å²) in [5.74, 6) is -2.84. The first-order chi connectivity index (χ1) is 11.7. The van der Waals surface area contributed by atoms with Crippen molar-refractivity contribution >= 4 is 17.6 Å². The summed E-state index contributed by atoms with van der Waals surface area (Å²) in [6.45, 7) is -0.228. The average Bonchev–Trinajstić information content (AvgIpc) is 2.54. The molecule has 0 aromatic carbocycles. The number of rotatable bonds is 3. The minimum absolute atomic E-state index is 0.103. The van der Waals surface area contributed by atoms with E-state index in [-0.39, 0.29) is 24.9 Å². The molecule has 1 fully saturated rings. The van der Waals surface area contributed by atoms with Gasteiger partial charge in [0.1, 0.15) is 11.6 Å². The van der Waals surface area contributed by atoms with Crippen LogP contribution in [-0.4, -0.2) is 34.0 Å². The molecule has 1 aliphatic rings. The molecule has 2 aromatic heterocycles. The molecule has 0 saturated carbocycles. The van der Waals surface area contributed by atoms with Crippen LogP contribution in [0.25, 0.3) is 0 Å². The van der Waals surface area contributed by atoms with Gasteiger partial charge in [-0.2, -0.15) is 18.2 Å². The van der Waals surface area contributed by atoms with Crippen LogP contribution in [0.2, 0.25) is 0 Å². The highest BCUT2D eigenvalue weighted by Gasteiger charge is 2.37. The summed E-state index contributed by atoms with van der Waals surface area (Å²) in [7, 11) is 0. The fourth-order valence-electron chi connectivity index (χ4n) is 2.39. The van der Waals surface area contributed by atoms with Crippen molar-refractivity contribution in [3.63, 3.8) is 0 Å². The van der Waals surface area contributed by atoms with Gasteiger partial charge in [0, 0.05) is 38.2 Å². The third-order valence-electron chi connectivity index (χ3n) is 3.70. The molecule has 5 nitrogen and oxygen atoms in total. The lowest BCUT2D eigenvalue weighted by molar-refractivity contribution is -0.141. The third-order valence-corrected chi connectivity index (χ3v) is 3.70. The van der Waals surface area contributed by atoms with Gasteiger partial charge in [0.15, 0.2) is 5.69 Å². The largest absolute Gasteiger partial charge is 0.433 e. The number of hydrogen-bond acceptors (Lipinski definition) is 5. The van der Waals surface area contributed by atoms with E-state index < -0.39 is 30.6 Å². The van der Waals surface area contributed by atoms with Crippen LogP contribution in [0.5, 0.6) is 0 Å². The third kappa shape index (κ3) is 4.31. The van der Waals surface area contributed by atoms with Crippen LogP contribution in [-0.2, 0) is 6.18 Å². The predicted octanol–water partition coefficient (Wildman–Crippen LogP) is 3.87. The Labute approximate surface area is 139 Å². The lowest BCUT2D eigenvalue weighted by Crippen LogP contribution is -2.40. The minimum Gasteiger partial charge on any atom is -0.340 e. The van der Waals surface area contributed by atoms with Gasteiger partial charge in [-0.15, -0.1) is 0 Å². The molecule has 10 heteroatoms. The van der Waals surface area contributed by atoms with Crippen LogP contribution in [0.15, 0.2) is 30.5 Å². The quantitative estimate of drug-likeness (QED) is 0.844. The van der Waals surface area contributed by atoms with Gasteiger partial charge in [-0.3, -0.25) is 0 Å². The Kier molecular flexibility index (Phi) is 4.44. The maximum Gasteiger partial charge on any atom is 0.433 e. The van der Waals surface area contributed by atoms with Crippen molar-refractivity contribution in [1.29, 1.82) is 0 Å². The van der Waals surface area contributed by atoms with Gasteiger partial charge in [-0.25, -0.2) is 18.7 Å². The van der Waals surface area contributed by atoms with Crippen LogP contribution in [0.4, 0.5) is 39.5 Å². The van der Waals surface area contributed by atoms with E-state index in [0.717, 1.165) is 6.07 Å². The lowest BCUT2D eigenvalue weighted by atomic mass is 10.1. The molecular formula is C15H14F5N5. The normalized spacial score (nSPS) is 17.4. The highest BCUT2D eigenvalue weighted by atomic mass is 19.4. The Morgan fingerprint density at radius 2 is 1.76 bits per heavy atom. The molecule has 1 aliphatic heterocycles. The summed E-state index contributed by atoms with van der Waals surface area (Å²) in [6, 6.07) is 5.65. The molecule has 0 atom stereocenters. The monoisotopic (exact) mass is 359 g/mol. The molecule has 0 radical (unpaired) electrons. The zero-order chi connectivity index (χ0) is 18.1. The number of anilines is 3. The molecule has 25 heavy (non-hydrogen) atoms. The highest BCUT2D eigenvalue weighted by Crippen LogP contribution is 2.33. The molecule has 2 aromatic rings. The smallest absolute Gasteiger partial charge is 0.340 e. The summed E-state index contributed by atoms with van der Waals surface area (Å²) in [5, 5.41) is 2.68. The zero-order valence-corrected chi connectivity index (χ0v) is 12.9. The van der Waals surface area contributed by atoms with Crippen LogP contribution < -0.4 is 10.2 Å². The van der Waals surface area contributed by atoms with Gasteiger partial charge < -0.3 is 10.2 Å². The topological polar surface area (TPSA) is 53.9 Å². The van der Waals surface area contributed by atoms with E-state index in [2.05, 4.69) is 20.3 Å². The van der Waals surface area contributed by atoms with Gasteiger partial charge in [0.05, 0.1) is 0 Å². The average molecular weight is 359 g/mol. The molecule has 0 spiro atoms. The van der Waals surface area contributed by atoms with Crippen LogP contribution in [0.1, 0.15) is 18.5 Å². The van der Waals surface area contributed by atoms with E-state index >= 15 is 0 Å². The van der Waals surface area contributed by atoms with Crippen molar-refractivity contribution < 1.29 is 22.0 Å². The second-order valence-electron chi connectivity index (χ2n) is 5.62. The first kappa shape index (κ1) is 17.3. The Morgan fingerprint density at radius 1 is 1.04 bits per heavy atom. The molecule has 0 unspecified atom stereocenters. The Balaban J connectivity index is 1.91. The van der Waals surface area contributed by atoms with Crippen LogP contribution in [0, 0.1) is 0 Å². The molecule has 3 rings (SSSR count). The summed E-state index contributed by atoms with van der Waals surface area (Å²) < 4.78 is 65.8. The first-order valence-corrected chi connectivity index (χ1v) is 7.50. The van der Waals surface area contributed by atoms with Crippen molar-refractivity contribution in [2.45, 2.75) is 24.9 Å². The fourth-order valence-corrected chi connectivity index (χ4v) is 2.39. The Morgan fingerprint density at radius 3 is 2.36 bits per heavy atom. The summed E-state index contributed by atoms with van der Waals surface area (Å²) in [4.78, 5) is 12.8. The SMILES string of the molecule is FC1(F)CCN(c2nc(Nc3ccccn3)cc(C(F)(F)F)n2)CC1. The van der Waals surface area contributed by atoms with Crippen LogP contribution in [0.3, 0.4) is 0 Å². The van der Waals surface area contributed by atoms with Crippen LogP contribution >= 0.6 is 0 Å². The van der Waals surface area contributed by atoms with E-state index in [1.54, 1.807) is 18.2 Å². The minimum atomic E-state index is -4.68. The van der Waals surface area contributed by atoms with E-state index in [4.69, 9.17) is 0 Å². The number of aromatic nitrogens is 3. The van der Waals surface area contributed by atoms with Gasteiger partial charge in [0.2, 0.25) is 5.95 Å². The molecule has 1 saturated heterocycles. The second-order valence-corrected chi connectivity index (χ2v) is 5.62. The number of hydrogen-bond donors (Lipinski definition) is 1. The summed E-state index contributed by atoms with van der Waals surface area (Å²) in [5.41, 5.74) is -1.15. The molecule has 0 aliphatic carbocycles. The van der Waals surface area contributed by atoms with Crippen molar-refractivity contribution in [3.05, 3.63) is 36.2 Å². The molecular weight excluding hydrogens is 345 g/mol. The van der Waals surface area contributed by atoms with Crippen molar-refractivity contribution in [1.82, 2.24) is 15.0 Å². The van der Waals surface area contributed by atoms with E-state index in [9.17, 15) is 22.0 Å². The number of halogens is 5. The molecule has 0 amide bonds. The van der Waals surface area contributed by atoms with Gasteiger partial charge in [0.25, 0.3) is 5.92 Å². The standard InChI is InChI=1S/C15H14F5N5/c16-14(17)4-7-25(8-5-14)13-22-10(15(18,19)20)9-12(24-13)23-11-3-1-2-6-21-11/h1-3,6,9H,4-5,7-8H2,(H,21,22,23,24). The van der Waals surface area contributed by atoms with E-state index in [1.165, 1.54) is 11.1 Å². The highest BCUT2D eigenvalue weighted by molar-refractivity contribution is 5.54. The van der Waals surface area contributed by atoms with Crippen molar-refractivity contribution in [2.75, 3.05) is 23.3 Å². The second kappa shape index (κ2) is 6.41. The van der Waals surface area contributed by atoms with Gasteiger partial charge in [-0.05, 0) is 12.1 Å². The first-order valence-electron chi connectivity index (χ1n) is 7.50. The maximum absolute atomic E-state index is 13.3. The zero-order valence-electron chi connectivity index (χ0n) is 12.9. The molecule has 0 bridgehead atoms. The number of piperidine rings is 1. The number of alkyl halides is 5. The maximum atomic E-state index is 13.3. The van der Waals surface area contributed by atoms with Crippen molar-refractivity contribution in [3.8, 4) is 0 Å². The number of pyridine rings is 1. The predicted molar refractivity (Wildman–Crippen MR) is 80.9 cm³/mol. The Hall–Kier alpha value is -2.52. The lowest BCUT2D eigenvalue weighted by Gasteiger charge is -2.32. The van der Waals surface area contributed by atoms with Gasteiger partial charge >= 0.3 is 6.18 Å². The number of nitrogens with one attached hydrogen (secondary N) is 1. The molecule has 1 N–H and O–H groups in total. The van der Waals surface area contributed by atoms with Gasteiger partial charge in [-0.1, -0.05) is 6.07 Å². The summed E-state index contributed by atoms with van der Waals surface area (Å²) in [6.07, 6.45) is -4.11. The van der Waals surface area contributed by atoms with E-state index in [1.807, 2.05) is 0 Å². The molecule has 134 valence electrons. The number of nitrogens with zero attached hydrogens (tertiary/aromatic N) is 4. The molecule has 3 heterocycles. The fraction of sp³-hybridized carbons (Fsp3) is 0.400. The summed E-state index contributed by atoms with van der Waals surface area (Å²) >= 11 is 0. The van der Waals surface area contributed by atoms with Crippen molar-refractivity contribution in [2.24, 2.45) is 0 Å².